The molecule has 0 aliphatic rings. The zero-order valence-electron chi connectivity index (χ0n) is 12.3. The van der Waals surface area contributed by atoms with Gasteiger partial charge in [0.05, 0.1) is 4.90 Å². The second-order valence-corrected chi connectivity index (χ2v) is 7.27. The van der Waals surface area contributed by atoms with Crippen molar-refractivity contribution in [3.8, 4) is 0 Å². The van der Waals surface area contributed by atoms with Gasteiger partial charge in [-0.2, -0.15) is 0 Å². The number of hydrogen-bond acceptors (Lipinski definition) is 3. The predicted molar refractivity (Wildman–Crippen MR) is 83.6 cm³/mol. The average Bonchev–Trinajstić information content (AvgIpc) is 2.41. The molecule has 0 bridgehead atoms. The molecule has 0 radical (unpaired) electrons. The Morgan fingerprint density at radius 1 is 1.30 bits per heavy atom. The maximum absolute atomic E-state index is 12.5. The molecule has 0 spiro atoms. The first kappa shape index (κ1) is 17.4. The molecule has 0 saturated carbocycles. The first-order valence-corrected chi connectivity index (χ1v) is 8.64. The van der Waals surface area contributed by atoms with Crippen molar-refractivity contribution in [1.29, 1.82) is 0 Å². The van der Waals surface area contributed by atoms with Crippen LogP contribution >= 0.6 is 11.6 Å². The van der Waals surface area contributed by atoms with Crippen LogP contribution in [0.5, 0.6) is 0 Å². The van der Waals surface area contributed by atoms with E-state index in [9.17, 15) is 8.42 Å². The molecule has 0 heterocycles. The van der Waals surface area contributed by atoms with Crippen molar-refractivity contribution in [1.82, 2.24) is 9.62 Å². The van der Waals surface area contributed by atoms with Crippen molar-refractivity contribution in [2.45, 2.75) is 37.6 Å². The number of hydrogen-bond donors (Lipinski definition) is 1. The van der Waals surface area contributed by atoms with Gasteiger partial charge in [-0.25, -0.2) is 12.7 Å². The minimum atomic E-state index is -3.43. The summed E-state index contributed by atoms with van der Waals surface area (Å²) >= 11 is 6.06. The number of benzene rings is 1. The topological polar surface area (TPSA) is 49.4 Å². The van der Waals surface area contributed by atoms with Gasteiger partial charge in [0.25, 0.3) is 0 Å². The van der Waals surface area contributed by atoms with E-state index in [4.69, 9.17) is 11.6 Å². The second-order valence-electron chi connectivity index (χ2n) is 4.82. The van der Waals surface area contributed by atoms with E-state index in [1.165, 1.54) is 4.31 Å². The van der Waals surface area contributed by atoms with Gasteiger partial charge < -0.3 is 5.32 Å². The van der Waals surface area contributed by atoms with Gasteiger partial charge in [0, 0.05) is 25.2 Å². The molecule has 20 heavy (non-hydrogen) atoms. The molecule has 0 saturated heterocycles. The summed E-state index contributed by atoms with van der Waals surface area (Å²) in [6.07, 6.45) is 2.98. The maximum Gasteiger partial charge on any atom is 0.242 e. The number of halogens is 1. The van der Waals surface area contributed by atoms with Gasteiger partial charge in [-0.05, 0) is 37.2 Å². The van der Waals surface area contributed by atoms with Crippen LogP contribution in [0.3, 0.4) is 0 Å². The highest BCUT2D eigenvalue weighted by Crippen LogP contribution is 2.22. The smallest absolute Gasteiger partial charge is 0.242 e. The standard InChI is InChI=1S/C14H23ClN2O2S/c1-4-5-6-9-17(3)20(18,19)13-7-8-14(15)12(10-13)11-16-2/h7-8,10,16H,4-6,9,11H2,1-3H3. The maximum atomic E-state index is 12.5. The third-order valence-electron chi connectivity index (χ3n) is 3.17. The van der Waals surface area contributed by atoms with Crippen LogP contribution in [0.15, 0.2) is 23.1 Å². The molecule has 0 unspecified atom stereocenters. The predicted octanol–water partition coefficient (Wildman–Crippen LogP) is 2.87. The Morgan fingerprint density at radius 2 is 2.00 bits per heavy atom. The SMILES string of the molecule is CCCCCN(C)S(=O)(=O)c1ccc(Cl)c(CNC)c1. The highest BCUT2D eigenvalue weighted by molar-refractivity contribution is 7.89. The molecule has 0 aromatic heterocycles. The van der Waals surface area contributed by atoms with Gasteiger partial charge in [0.15, 0.2) is 0 Å². The van der Waals surface area contributed by atoms with Crippen molar-refractivity contribution >= 4 is 21.6 Å². The first-order valence-electron chi connectivity index (χ1n) is 6.82. The van der Waals surface area contributed by atoms with Crippen LogP contribution in [0.2, 0.25) is 5.02 Å². The van der Waals surface area contributed by atoms with Gasteiger partial charge >= 0.3 is 0 Å². The average molecular weight is 319 g/mol. The van der Waals surface area contributed by atoms with E-state index in [0.717, 1.165) is 24.8 Å². The Balaban J connectivity index is 2.94. The van der Waals surface area contributed by atoms with Crippen molar-refractivity contribution < 1.29 is 8.42 Å². The quantitative estimate of drug-likeness (QED) is 0.750. The normalized spacial score (nSPS) is 12.1. The van der Waals surface area contributed by atoms with Gasteiger partial charge in [-0.15, -0.1) is 0 Å². The molecule has 1 aromatic rings. The Bertz CT molecular complexity index is 532. The monoisotopic (exact) mass is 318 g/mol. The Hall–Kier alpha value is -0.620. The minimum Gasteiger partial charge on any atom is -0.316 e. The van der Waals surface area contributed by atoms with Crippen LogP contribution in [0.25, 0.3) is 0 Å². The molecule has 0 atom stereocenters. The van der Waals surface area contributed by atoms with Gasteiger partial charge in [-0.3, -0.25) is 0 Å². The van der Waals surface area contributed by atoms with E-state index < -0.39 is 10.0 Å². The van der Waals surface area contributed by atoms with Crippen LogP contribution in [0.1, 0.15) is 31.7 Å². The lowest BCUT2D eigenvalue weighted by Gasteiger charge is -2.18. The fraction of sp³-hybridized carbons (Fsp3) is 0.571. The molecule has 0 fully saturated rings. The van der Waals surface area contributed by atoms with Crippen LogP contribution in [0.4, 0.5) is 0 Å². The molecule has 1 aromatic carbocycles. The van der Waals surface area contributed by atoms with Crippen LogP contribution < -0.4 is 5.32 Å². The first-order chi connectivity index (χ1) is 9.43. The van der Waals surface area contributed by atoms with E-state index >= 15 is 0 Å². The largest absolute Gasteiger partial charge is 0.316 e. The van der Waals surface area contributed by atoms with Crippen LogP contribution in [-0.2, 0) is 16.6 Å². The zero-order valence-corrected chi connectivity index (χ0v) is 13.9. The summed E-state index contributed by atoms with van der Waals surface area (Å²) < 4.78 is 26.3. The summed E-state index contributed by atoms with van der Waals surface area (Å²) in [6, 6.07) is 4.85. The lowest BCUT2D eigenvalue weighted by atomic mass is 10.2. The minimum absolute atomic E-state index is 0.297. The van der Waals surface area contributed by atoms with E-state index in [-0.39, 0.29) is 0 Å². The van der Waals surface area contributed by atoms with Crippen molar-refractivity contribution in [3.05, 3.63) is 28.8 Å². The van der Waals surface area contributed by atoms with Gasteiger partial charge in [0.1, 0.15) is 0 Å². The highest BCUT2D eigenvalue weighted by Gasteiger charge is 2.21. The molecule has 6 heteroatoms. The number of nitrogens with one attached hydrogen (secondary N) is 1. The molecule has 1 N–H and O–H groups in total. The van der Waals surface area contributed by atoms with E-state index in [1.807, 2.05) is 0 Å². The third kappa shape index (κ3) is 4.45. The van der Waals surface area contributed by atoms with Gasteiger partial charge in [0.2, 0.25) is 10.0 Å². The Morgan fingerprint density at radius 3 is 2.60 bits per heavy atom. The fourth-order valence-corrected chi connectivity index (χ4v) is 3.37. The lowest BCUT2D eigenvalue weighted by Crippen LogP contribution is -2.28. The number of nitrogens with zero attached hydrogens (tertiary/aromatic N) is 1. The molecular weight excluding hydrogens is 296 g/mol. The summed E-state index contributed by atoms with van der Waals surface area (Å²) in [4.78, 5) is 0.297. The second kappa shape index (κ2) is 7.98. The van der Waals surface area contributed by atoms with Crippen molar-refractivity contribution in [3.63, 3.8) is 0 Å². The van der Waals surface area contributed by atoms with Crippen LogP contribution in [-0.4, -0.2) is 33.4 Å². The van der Waals surface area contributed by atoms with Crippen LogP contribution in [0, 0.1) is 0 Å². The molecule has 0 amide bonds. The molecule has 0 aliphatic heterocycles. The van der Waals surface area contributed by atoms with E-state index in [2.05, 4.69) is 12.2 Å². The van der Waals surface area contributed by atoms with E-state index in [0.29, 0.717) is 23.0 Å². The summed E-state index contributed by atoms with van der Waals surface area (Å²) in [5.41, 5.74) is 0.789. The zero-order chi connectivity index (χ0) is 15.2. The third-order valence-corrected chi connectivity index (χ3v) is 5.39. The molecule has 1 rings (SSSR count). The Labute approximate surface area is 127 Å². The summed E-state index contributed by atoms with van der Waals surface area (Å²) in [5, 5.41) is 3.56. The van der Waals surface area contributed by atoms with Crippen molar-refractivity contribution in [2.24, 2.45) is 0 Å². The lowest BCUT2D eigenvalue weighted by molar-refractivity contribution is 0.454. The van der Waals surface area contributed by atoms with Crippen molar-refractivity contribution in [2.75, 3.05) is 20.6 Å². The fourth-order valence-electron chi connectivity index (χ4n) is 1.92. The van der Waals surface area contributed by atoms with Gasteiger partial charge in [-0.1, -0.05) is 31.4 Å². The Kier molecular flexibility index (Phi) is 6.95. The molecule has 0 aliphatic carbocycles. The number of unbranched alkanes of at least 4 members (excludes halogenated alkanes) is 2. The molecule has 114 valence electrons. The number of rotatable bonds is 8. The summed E-state index contributed by atoms with van der Waals surface area (Å²) in [6.45, 7) is 3.18. The molecule has 4 nitrogen and oxygen atoms in total. The van der Waals surface area contributed by atoms with E-state index in [1.54, 1.807) is 32.3 Å². The summed E-state index contributed by atoms with van der Waals surface area (Å²) in [5.74, 6) is 0. The highest BCUT2D eigenvalue weighted by atomic mass is 35.5. The molecular formula is C14H23ClN2O2S. The summed E-state index contributed by atoms with van der Waals surface area (Å²) in [7, 11) is -0.00776. The number of sulfonamides is 1.